The number of primary amides is 1. The highest BCUT2D eigenvalue weighted by Crippen LogP contribution is 2.13. The number of aliphatic imine (C=N–C) groups is 2. The van der Waals surface area contributed by atoms with E-state index >= 15 is 0 Å². The first kappa shape index (κ1) is 54.8. The van der Waals surface area contributed by atoms with E-state index in [2.05, 4.69) is 36.6 Å². The third-order valence-corrected chi connectivity index (χ3v) is 9.95. The molecule has 1 aromatic carbocycles. The Bertz CT molecular complexity index is 1720. The van der Waals surface area contributed by atoms with Crippen LogP contribution in [0.4, 0.5) is 0 Å². The molecule has 0 spiro atoms. The Hall–Kier alpha value is -6.23. The van der Waals surface area contributed by atoms with Crippen LogP contribution in [-0.4, -0.2) is 132 Å². The van der Waals surface area contributed by atoms with Gasteiger partial charge in [-0.2, -0.15) is 0 Å². The largest absolute Gasteiger partial charge is 0.508 e. The fourth-order valence-electron chi connectivity index (χ4n) is 6.08. The van der Waals surface area contributed by atoms with Crippen LogP contribution in [0.5, 0.6) is 5.75 Å². The maximum Gasteiger partial charge on any atom is 0.244 e. The van der Waals surface area contributed by atoms with Crippen LogP contribution in [-0.2, 0) is 40.0 Å². The van der Waals surface area contributed by atoms with Crippen molar-refractivity contribution in [3.63, 3.8) is 0 Å². The Kier molecular flexibility index (Phi) is 24.7. The molecule has 0 aliphatic heterocycles. The summed E-state index contributed by atoms with van der Waals surface area (Å²) in [7, 11) is 1.40. The van der Waals surface area contributed by atoms with E-state index in [0.29, 0.717) is 24.8 Å². The Morgan fingerprint density at radius 1 is 0.635 bits per heavy atom. The van der Waals surface area contributed by atoms with Crippen LogP contribution in [0.2, 0.25) is 0 Å². The number of hydrogen-bond acceptors (Lipinski definition) is 12. The number of phenols is 1. The van der Waals surface area contributed by atoms with E-state index in [9.17, 15) is 38.7 Å². The number of benzene rings is 1. The van der Waals surface area contributed by atoms with Gasteiger partial charge in [-0.1, -0.05) is 39.3 Å². The molecule has 0 bridgehead atoms. The van der Waals surface area contributed by atoms with Crippen molar-refractivity contribution in [2.24, 2.45) is 56.0 Å². The molecule has 20 N–H and O–H groups in total. The van der Waals surface area contributed by atoms with E-state index in [1.807, 2.05) is 13.8 Å². The van der Waals surface area contributed by atoms with Crippen molar-refractivity contribution in [1.29, 1.82) is 0 Å². The summed E-state index contributed by atoms with van der Waals surface area (Å²) in [6.07, 6.45) is 2.14. The number of carbonyl (C=O) groups excluding carboxylic acids is 7. The molecule has 23 nitrogen and oxygen atoms in total. The zero-order chi connectivity index (χ0) is 47.8. The van der Waals surface area contributed by atoms with Crippen LogP contribution in [0.1, 0.15) is 84.6 Å². The summed E-state index contributed by atoms with van der Waals surface area (Å²) in [6.45, 7) is 7.13. The van der Waals surface area contributed by atoms with Gasteiger partial charge in [-0.05, 0) is 75.5 Å². The van der Waals surface area contributed by atoms with Gasteiger partial charge < -0.3 is 76.7 Å². The molecule has 0 saturated carbocycles. The summed E-state index contributed by atoms with van der Waals surface area (Å²) in [5, 5.41) is 23.0. The fourth-order valence-corrected chi connectivity index (χ4v) is 6.08. The first-order valence-electron chi connectivity index (χ1n) is 21.0. The second kappa shape index (κ2) is 28.4. The summed E-state index contributed by atoms with van der Waals surface area (Å²) in [6, 6.07) is -2.31. The molecule has 354 valence electrons. The van der Waals surface area contributed by atoms with Gasteiger partial charge in [0.1, 0.15) is 42.0 Å². The monoisotopic (exact) mass is 890 g/mol. The molecule has 0 aliphatic carbocycles. The minimum absolute atomic E-state index is 0.0199. The number of nitrogens with zero attached hydrogens (tertiary/aromatic N) is 3. The smallest absolute Gasteiger partial charge is 0.244 e. The number of nitrogens with two attached hydrogens (primary N) is 7. The number of amides is 7. The summed E-state index contributed by atoms with van der Waals surface area (Å²) in [4.78, 5) is 103. The molecule has 23 heteroatoms. The van der Waals surface area contributed by atoms with Crippen molar-refractivity contribution in [1.82, 2.24) is 31.5 Å². The molecule has 63 heavy (non-hydrogen) atoms. The number of likely N-dealkylation sites (N-methyl/N-ethyl adjacent to an activating group) is 1. The molecule has 0 heterocycles. The van der Waals surface area contributed by atoms with Gasteiger partial charge in [0.15, 0.2) is 11.9 Å². The fraction of sp³-hybridized carbons (Fsp3) is 0.625. The lowest BCUT2D eigenvalue weighted by Gasteiger charge is -2.29. The quantitative estimate of drug-likeness (QED) is 0.0209. The predicted molar refractivity (Wildman–Crippen MR) is 239 cm³/mol. The molecule has 0 saturated heterocycles. The average Bonchev–Trinajstić information content (AvgIpc) is 3.22. The van der Waals surface area contributed by atoms with Gasteiger partial charge in [0, 0.05) is 33.1 Å². The topological polar surface area (TPSA) is 410 Å². The first-order chi connectivity index (χ1) is 29.6. The van der Waals surface area contributed by atoms with Crippen LogP contribution < -0.4 is 66.7 Å². The maximum absolute atomic E-state index is 14.0. The Balaban J connectivity index is 3.33. The number of nitrogens with one attached hydrogen (secondary N) is 5. The van der Waals surface area contributed by atoms with Crippen LogP contribution in [0.25, 0.3) is 0 Å². The van der Waals surface area contributed by atoms with Gasteiger partial charge in [-0.25, -0.2) is 0 Å². The number of rotatable bonds is 29. The number of aromatic hydroxyl groups is 1. The van der Waals surface area contributed by atoms with Crippen molar-refractivity contribution in [3.8, 4) is 5.75 Å². The number of carbonyl (C=O) groups is 7. The molecule has 1 rings (SSSR count). The lowest BCUT2D eigenvalue weighted by molar-refractivity contribution is -0.140. The van der Waals surface area contributed by atoms with Gasteiger partial charge >= 0.3 is 0 Å². The zero-order valence-electron chi connectivity index (χ0n) is 37.1. The number of hydrogen-bond donors (Lipinski definition) is 13. The van der Waals surface area contributed by atoms with Crippen molar-refractivity contribution < 1.29 is 38.7 Å². The van der Waals surface area contributed by atoms with Crippen LogP contribution in [0, 0.1) is 5.92 Å². The highest BCUT2D eigenvalue weighted by atomic mass is 16.3. The van der Waals surface area contributed by atoms with E-state index in [0.717, 1.165) is 4.90 Å². The average molecular weight is 890 g/mol. The minimum atomic E-state index is -1.34. The standard InChI is InChI=1S/C40H71N15O8/c1-6-9-28(52-35(60)29(11-8-19-49-40(46)47)51-33(58)23(4)55(5)38(63)26(42)10-7-18-48-39(44)45)34(59)53-30(20-24-13-15-25(56)16-14-24)36(61)54-31(21-41)37(62)50-27(32(43)57)17-12-22(2)3/h13-16,22-23,26-31,56H,6-12,17-21,41-42H2,1-5H3,(H2,43,57)(H,50,62)(H,51,58)(H,52,60)(H,53,59)(H,54,61)(H4,44,45,48)(H4,46,47,49)/t23-,26-,27?,28-,29-,30-,31?/m0/s1. The second-order valence-corrected chi connectivity index (χ2v) is 15.7. The SMILES string of the molecule is CCC[C@H](NC(=O)[C@H](CCCN=C(N)N)NC(=O)[C@H](C)N(C)C(=O)[C@@H](N)CCCN=C(N)N)C(=O)N[C@@H](Cc1ccc(O)cc1)C(=O)NC(CN)C(=O)NC(CCC(C)C)C(N)=O. The van der Waals surface area contributed by atoms with Crippen LogP contribution in [0.3, 0.4) is 0 Å². The minimum Gasteiger partial charge on any atom is -0.508 e. The third kappa shape index (κ3) is 20.9. The lowest BCUT2D eigenvalue weighted by atomic mass is 10.0. The van der Waals surface area contributed by atoms with E-state index in [1.165, 1.54) is 38.2 Å². The highest BCUT2D eigenvalue weighted by Gasteiger charge is 2.33. The van der Waals surface area contributed by atoms with E-state index in [-0.39, 0.29) is 81.7 Å². The molecule has 0 radical (unpaired) electrons. The molecule has 0 aromatic heterocycles. The summed E-state index contributed by atoms with van der Waals surface area (Å²) in [5.74, 6) is -5.16. The number of guanidine groups is 2. The van der Waals surface area contributed by atoms with Crippen LogP contribution >= 0.6 is 0 Å². The summed E-state index contributed by atoms with van der Waals surface area (Å²) >= 11 is 0. The van der Waals surface area contributed by atoms with Crippen molar-refractivity contribution in [2.75, 3.05) is 26.7 Å². The molecule has 7 amide bonds. The second-order valence-electron chi connectivity index (χ2n) is 15.7. The van der Waals surface area contributed by atoms with Gasteiger partial charge in [-0.3, -0.25) is 43.5 Å². The Morgan fingerprint density at radius 2 is 1.10 bits per heavy atom. The zero-order valence-corrected chi connectivity index (χ0v) is 37.1. The highest BCUT2D eigenvalue weighted by molar-refractivity contribution is 5.97. The molecule has 0 fully saturated rings. The van der Waals surface area contributed by atoms with Crippen molar-refractivity contribution >= 4 is 53.3 Å². The normalized spacial score (nSPS) is 14.3. The summed E-state index contributed by atoms with van der Waals surface area (Å²) in [5.41, 5.74) is 39.6. The van der Waals surface area contributed by atoms with E-state index < -0.39 is 83.6 Å². The first-order valence-corrected chi connectivity index (χ1v) is 21.0. The van der Waals surface area contributed by atoms with Crippen molar-refractivity contribution in [2.45, 2.75) is 128 Å². The Morgan fingerprint density at radius 3 is 1.60 bits per heavy atom. The molecule has 0 aliphatic rings. The van der Waals surface area contributed by atoms with Gasteiger partial charge in [-0.15, -0.1) is 0 Å². The molecule has 7 atom stereocenters. The third-order valence-electron chi connectivity index (χ3n) is 9.95. The predicted octanol–water partition coefficient (Wildman–Crippen LogP) is -3.68. The molecular formula is C40H71N15O8. The number of phenolic OH excluding ortho intramolecular Hbond substituents is 1. The molecule has 1 aromatic rings. The maximum atomic E-state index is 14.0. The van der Waals surface area contributed by atoms with Gasteiger partial charge in [0.2, 0.25) is 41.4 Å². The van der Waals surface area contributed by atoms with Gasteiger partial charge in [0.05, 0.1) is 6.04 Å². The summed E-state index contributed by atoms with van der Waals surface area (Å²) < 4.78 is 0. The molecule has 2 unspecified atom stereocenters. The van der Waals surface area contributed by atoms with Crippen LogP contribution in [0.15, 0.2) is 34.3 Å². The van der Waals surface area contributed by atoms with Gasteiger partial charge in [0.25, 0.3) is 0 Å². The molecular weight excluding hydrogens is 819 g/mol. The lowest BCUT2D eigenvalue weighted by Crippen LogP contribution is -2.61. The van der Waals surface area contributed by atoms with E-state index in [1.54, 1.807) is 6.92 Å². The van der Waals surface area contributed by atoms with E-state index in [4.69, 9.17) is 40.1 Å². The van der Waals surface area contributed by atoms with Crippen molar-refractivity contribution in [3.05, 3.63) is 29.8 Å². The Labute approximate surface area is 368 Å².